The minimum Gasteiger partial charge on any atom is -0.461 e. The van der Waals surface area contributed by atoms with E-state index in [2.05, 4.69) is 21.8 Å². The number of hydrogen-bond acceptors (Lipinski definition) is 13. The molecule has 0 amide bonds. The summed E-state index contributed by atoms with van der Waals surface area (Å²) < 4.78 is 41.4. The first-order valence-electron chi connectivity index (χ1n) is 11.5. The predicted octanol–water partition coefficient (Wildman–Crippen LogP) is 0.794. The number of rotatable bonds is 10. The fraction of sp³-hybridized carbons (Fsp3) is 0.478. The minimum absolute atomic E-state index is 0.102. The fourth-order valence-electron chi connectivity index (χ4n) is 3.45. The van der Waals surface area contributed by atoms with Gasteiger partial charge in [-0.1, -0.05) is 24.1 Å². The van der Waals surface area contributed by atoms with Gasteiger partial charge in [0.1, 0.15) is 24.3 Å². The number of nitrogens with zero attached hydrogens (tertiary/aromatic N) is 3. The molecule has 38 heavy (non-hydrogen) atoms. The Bertz CT molecular complexity index is 1290. The van der Waals surface area contributed by atoms with E-state index in [1.165, 1.54) is 26.0 Å². The van der Waals surface area contributed by atoms with E-state index in [0.717, 1.165) is 10.9 Å². The number of aliphatic hydroxyl groups is 2. The van der Waals surface area contributed by atoms with Crippen molar-refractivity contribution in [3.05, 3.63) is 47.1 Å². The van der Waals surface area contributed by atoms with E-state index in [1.807, 2.05) is 0 Å². The zero-order valence-corrected chi connectivity index (χ0v) is 22.0. The second-order valence-corrected chi connectivity index (χ2v) is 10.0. The summed E-state index contributed by atoms with van der Waals surface area (Å²) in [6.45, 7) is 5.30. The molecular weight excluding hydrogens is 523 g/mol. The van der Waals surface area contributed by atoms with Crippen LogP contribution in [0.1, 0.15) is 33.9 Å². The lowest BCUT2D eigenvalue weighted by Crippen LogP contribution is -2.48. The maximum atomic E-state index is 13.6. The molecule has 1 aromatic heterocycles. The molecule has 0 spiro atoms. The zero-order valence-electron chi connectivity index (χ0n) is 21.1. The molecule has 1 unspecified atom stereocenters. The second-order valence-electron chi connectivity index (χ2n) is 8.46. The van der Waals surface area contributed by atoms with Crippen LogP contribution in [-0.4, -0.2) is 67.3 Å². The Balaban J connectivity index is 1.86. The molecule has 3 rings (SSSR count). The highest BCUT2D eigenvalue weighted by Crippen LogP contribution is 2.51. The Kier molecular flexibility index (Phi) is 9.26. The highest BCUT2D eigenvalue weighted by molar-refractivity contribution is 7.49. The number of nitrogens with two attached hydrogens (primary N) is 1. The van der Waals surface area contributed by atoms with E-state index in [4.69, 9.17) is 28.8 Å². The van der Waals surface area contributed by atoms with Crippen LogP contribution in [0.15, 0.2) is 41.5 Å². The molecule has 2 aromatic rings. The average Bonchev–Trinajstić information content (AvgIpc) is 3.08. The number of phosphoric ester groups is 1. The van der Waals surface area contributed by atoms with Gasteiger partial charge in [0.25, 0.3) is 0 Å². The van der Waals surface area contributed by atoms with Crippen molar-refractivity contribution in [3.8, 4) is 17.6 Å². The van der Waals surface area contributed by atoms with Gasteiger partial charge in [0.15, 0.2) is 17.9 Å². The number of para-hydroxylation sites is 1. The molecule has 14 nitrogen and oxygen atoms in total. The van der Waals surface area contributed by atoms with Crippen LogP contribution in [0.4, 0.5) is 5.95 Å². The van der Waals surface area contributed by atoms with Crippen LogP contribution in [0.3, 0.4) is 0 Å². The number of aromatic nitrogens is 3. The SMILES string of the molecule is CC#CC1(O)[C@@H](O)[C@@H](CO[P@](=O)(Oc2ccccc2)O[C@@H](C)C(=O)OC(C)C)O[C@H]1n1cnc(N)nc1=O. The molecule has 0 saturated carbocycles. The van der Waals surface area contributed by atoms with E-state index in [0.29, 0.717) is 0 Å². The van der Waals surface area contributed by atoms with Crippen LogP contribution in [0, 0.1) is 11.8 Å². The van der Waals surface area contributed by atoms with Gasteiger partial charge in [0.2, 0.25) is 5.95 Å². The highest BCUT2D eigenvalue weighted by Gasteiger charge is 2.57. The molecule has 0 aliphatic carbocycles. The van der Waals surface area contributed by atoms with Crippen molar-refractivity contribution >= 4 is 19.7 Å². The minimum atomic E-state index is -4.56. The number of esters is 1. The van der Waals surface area contributed by atoms with Gasteiger partial charge in [-0.2, -0.15) is 4.98 Å². The summed E-state index contributed by atoms with van der Waals surface area (Å²) in [4.78, 5) is 31.8. The monoisotopic (exact) mass is 552 g/mol. The summed E-state index contributed by atoms with van der Waals surface area (Å²) in [7, 11) is -4.56. The molecule has 4 N–H and O–H groups in total. The predicted molar refractivity (Wildman–Crippen MR) is 131 cm³/mol. The lowest BCUT2D eigenvalue weighted by atomic mass is 9.94. The Morgan fingerprint density at radius 3 is 2.61 bits per heavy atom. The van der Waals surface area contributed by atoms with E-state index in [1.54, 1.807) is 32.0 Å². The fourth-order valence-corrected chi connectivity index (χ4v) is 4.79. The van der Waals surface area contributed by atoms with E-state index in [-0.39, 0.29) is 11.7 Å². The van der Waals surface area contributed by atoms with Crippen molar-refractivity contribution in [2.24, 2.45) is 0 Å². The van der Waals surface area contributed by atoms with Crippen LogP contribution >= 0.6 is 7.82 Å². The summed E-state index contributed by atoms with van der Waals surface area (Å²) in [6.07, 6.45) is -5.59. The Morgan fingerprint density at radius 2 is 2.00 bits per heavy atom. The van der Waals surface area contributed by atoms with E-state index in [9.17, 15) is 24.4 Å². The Hall–Kier alpha value is -3.31. The normalized spacial score (nSPS) is 25.2. The zero-order chi connectivity index (χ0) is 28.1. The molecule has 1 aromatic carbocycles. The first-order valence-corrected chi connectivity index (χ1v) is 12.9. The summed E-state index contributed by atoms with van der Waals surface area (Å²) in [6, 6.07) is 7.89. The number of aliphatic hydroxyl groups excluding tert-OH is 1. The number of ether oxygens (including phenoxy) is 2. The first kappa shape index (κ1) is 29.2. The van der Waals surface area contributed by atoms with Crippen LogP contribution < -0.4 is 15.9 Å². The number of hydrogen-bond donors (Lipinski definition) is 3. The largest absolute Gasteiger partial charge is 0.530 e. The number of phosphoric acid groups is 1. The molecule has 0 radical (unpaired) electrons. The van der Waals surface area contributed by atoms with Crippen molar-refractivity contribution in [2.45, 2.75) is 63.9 Å². The van der Waals surface area contributed by atoms with Gasteiger partial charge in [-0.25, -0.2) is 19.1 Å². The molecule has 206 valence electrons. The maximum Gasteiger partial charge on any atom is 0.530 e. The summed E-state index contributed by atoms with van der Waals surface area (Å²) >= 11 is 0. The van der Waals surface area contributed by atoms with Gasteiger partial charge in [-0.15, -0.1) is 5.92 Å². The van der Waals surface area contributed by atoms with Gasteiger partial charge < -0.3 is 29.9 Å². The van der Waals surface area contributed by atoms with Crippen molar-refractivity contribution in [1.82, 2.24) is 14.5 Å². The standard InChI is InChI=1S/C23H29N4O10P/c1-5-11-23(31)18(28)17(35-20(23)27-13-25-21(24)26-22(27)30)12-33-38(32,37-16-9-7-6-8-10-16)36-15(4)19(29)34-14(2)3/h6-10,13-15,17-18,20,28,31H,12H2,1-4H3,(H2,24,26,30)/t15-,17+,18-,20+,23?,38-/m0/s1. The average molecular weight is 552 g/mol. The second kappa shape index (κ2) is 12.0. The number of nitrogen functional groups attached to an aromatic ring is 1. The maximum absolute atomic E-state index is 13.6. The van der Waals surface area contributed by atoms with Gasteiger partial charge in [0.05, 0.1) is 12.7 Å². The number of anilines is 1. The van der Waals surface area contributed by atoms with Crippen molar-refractivity contribution in [1.29, 1.82) is 0 Å². The number of benzene rings is 1. The summed E-state index contributed by atoms with van der Waals surface area (Å²) in [5.41, 5.74) is 2.19. The molecule has 0 bridgehead atoms. The number of carbonyl (C=O) groups excluding carboxylic acids is 1. The third kappa shape index (κ3) is 6.76. The molecule has 1 aliphatic rings. The molecular formula is C23H29N4O10P. The first-order chi connectivity index (χ1) is 17.9. The lowest BCUT2D eigenvalue weighted by Gasteiger charge is -2.26. The van der Waals surface area contributed by atoms with Crippen molar-refractivity contribution < 1.29 is 42.6 Å². The van der Waals surface area contributed by atoms with Crippen LogP contribution in [0.25, 0.3) is 0 Å². The van der Waals surface area contributed by atoms with Crippen molar-refractivity contribution in [2.75, 3.05) is 12.3 Å². The van der Waals surface area contributed by atoms with Gasteiger partial charge in [-0.05, 0) is 39.8 Å². The van der Waals surface area contributed by atoms with Gasteiger partial charge >= 0.3 is 19.5 Å². The summed E-state index contributed by atoms with van der Waals surface area (Å²) in [5, 5.41) is 22.0. The molecule has 15 heteroatoms. The molecule has 1 saturated heterocycles. The van der Waals surface area contributed by atoms with Gasteiger partial charge in [-0.3, -0.25) is 13.6 Å². The Labute approximate surface area is 218 Å². The molecule has 1 aliphatic heterocycles. The molecule has 2 heterocycles. The van der Waals surface area contributed by atoms with Crippen LogP contribution in [0.2, 0.25) is 0 Å². The summed E-state index contributed by atoms with van der Waals surface area (Å²) in [5.74, 6) is 3.88. The van der Waals surface area contributed by atoms with Crippen LogP contribution in [-0.2, 0) is 27.9 Å². The quantitative estimate of drug-likeness (QED) is 0.213. The smallest absolute Gasteiger partial charge is 0.461 e. The molecule has 1 fully saturated rings. The van der Waals surface area contributed by atoms with E-state index < -0.39 is 62.3 Å². The lowest BCUT2D eigenvalue weighted by molar-refractivity contribution is -0.156. The molecule has 6 atom stereocenters. The third-order valence-electron chi connectivity index (χ3n) is 5.13. The third-order valence-corrected chi connectivity index (χ3v) is 6.61. The van der Waals surface area contributed by atoms with Crippen LogP contribution in [0.5, 0.6) is 5.75 Å². The topological polar surface area (TPSA) is 195 Å². The van der Waals surface area contributed by atoms with Crippen molar-refractivity contribution in [3.63, 3.8) is 0 Å². The van der Waals surface area contributed by atoms with E-state index >= 15 is 0 Å². The van der Waals surface area contributed by atoms with Gasteiger partial charge in [0, 0.05) is 0 Å². The highest BCUT2D eigenvalue weighted by atomic mass is 31.2. The Morgan fingerprint density at radius 1 is 1.32 bits per heavy atom. The number of carbonyl (C=O) groups is 1.